The van der Waals surface area contributed by atoms with Gasteiger partial charge in [0.15, 0.2) is 0 Å². The third-order valence-corrected chi connectivity index (χ3v) is 2.78. The quantitative estimate of drug-likeness (QED) is 0.577. The number of anilines is 1. The molecule has 1 aromatic rings. The lowest BCUT2D eigenvalue weighted by atomic mass is 10.1. The summed E-state index contributed by atoms with van der Waals surface area (Å²) < 4.78 is 2.04. The van der Waals surface area contributed by atoms with Gasteiger partial charge in [0.1, 0.15) is 0 Å². The average molecular weight is 165 g/mol. The fourth-order valence-electron chi connectivity index (χ4n) is 1.55. The van der Waals surface area contributed by atoms with Crippen molar-refractivity contribution in [1.82, 2.24) is 0 Å². The van der Waals surface area contributed by atoms with Crippen molar-refractivity contribution in [2.24, 2.45) is 0 Å². The molecule has 2 rings (SSSR count). The molecule has 1 atom stereocenters. The van der Waals surface area contributed by atoms with Crippen LogP contribution in [0.15, 0.2) is 24.3 Å². The standard InChI is InChI=1S/C9H11NS/c1-7-6-8-4-2-3-5-9(8)10(7)11/h2-5,7,11H,6H2,1H3. The van der Waals surface area contributed by atoms with Crippen LogP contribution in [0.4, 0.5) is 5.69 Å². The Kier molecular flexibility index (Phi) is 1.57. The highest BCUT2D eigenvalue weighted by atomic mass is 32.1. The molecule has 0 aromatic heterocycles. The van der Waals surface area contributed by atoms with Crippen LogP contribution in [0, 0.1) is 0 Å². The van der Waals surface area contributed by atoms with Crippen LogP contribution < -0.4 is 4.31 Å². The van der Waals surface area contributed by atoms with Gasteiger partial charge in [-0.2, -0.15) is 0 Å². The molecule has 0 aliphatic carbocycles. The smallest absolute Gasteiger partial charge is 0.0503 e. The largest absolute Gasteiger partial charge is 0.315 e. The minimum absolute atomic E-state index is 0.538. The Bertz CT molecular complexity index is 272. The van der Waals surface area contributed by atoms with E-state index in [1.807, 2.05) is 4.31 Å². The van der Waals surface area contributed by atoms with Crippen molar-refractivity contribution < 1.29 is 0 Å². The molecule has 0 fully saturated rings. The minimum atomic E-state index is 0.538. The lowest BCUT2D eigenvalue weighted by Crippen LogP contribution is -2.17. The number of rotatable bonds is 0. The van der Waals surface area contributed by atoms with Crippen molar-refractivity contribution >= 4 is 18.5 Å². The highest BCUT2D eigenvalue weighted by Gasteiger charge is 2.22. The Morgan fingerprint density at radius 3 is 2.91 bits per heavy atom. The monoisotopic (exact) mass is 165 g/mol. The van der Waals surface area contributed by atoms with Gasteiger partial charge in [-0.1, -0.05) is 31.0 Å². The van der Waals surface area contributed by atoms with E-state index in [1.165, 1.54) is 11.3 Å². The van der Waals surface area contributed by atoms with Gasteiger partial charge < -0.3 is 4.31 Å². The zero-order valence-electron chi connectivity index (χ0n) is 6.49. The van der Waals surface area contributed by atoms with Crippen LogP contribution in [-0.4, -0.2) is 6.04 Å². The molecule has 0 N–H and O–H groups in total. The lowest BCUT2D eigenvalue weighted by molar-refractivity contribution is 0.797. The number of benzene rings is 1. The molecule has 1 unspecified atom stereocenters. The number of hydrogen-bond donors (Lipinski definition) is 1. The summed E-state index contributed by atoms with van der Waals surface area (Å²) in [5.41, 5.74) is 2.68. The van der Waals surface area contributed by atoms with Crippen molar-refractivity contribution in [1.29, 1.82) is 0 Å². The number of hydrogen-bond acceptors (Lipinski definition) is 2. The summed E-state index contributed by atoms with van der Waals surface area (Å²) >= 11 is 4.40. The number of nitrogens with zero attached hydrogens (tertiary/aromatic N) is 1. The maximum Gasteiger partial charge on any atom is 0.0503 e. The van der Waals surface area contributed by atoms with Gasteiger partial charge in [-0.05, 0) is 25.0 Å². The van der Waals surface area contributed by atoms with Crippen LogP contribution in [0.25, 0.3) is 0 Å². The van der Waals surface area contributed by atoms with E-state index in [4.69, 9.17) is 0 Å². The van der Waals surface area contributed by atoms with Crippen LogP contribution in [0.3, 0.4) is 0 Å². The van der Waals surface area contributed by atoms with E-state index in [-0.39, 0.29) is 0 Å². The van der Waals surface area contributed by atoms with Crippen LogP contribution in [0.5, 0.6) is 0 Å². The summed E-state index contributed by atoms with van der Waals surface area (Å²) in [4.78, 5) is 0. The van der Waals surface area contributed by atoms with E-state index >= 15 is 0 Å². The first-order valence-electron chi connectivity index (χ1n) is 3.85. The number of fused-ring (bicyclic) bond motifs is 1. The second-order valence-corrected chi connectivity index (χ2v) is 3.46. The molecule has 11 heavy (non-hydrogen) atoms. The van der Waals surface area contributed by atoms with E-state index in [1.54, 1.807) is 0 Å². The van der Waals surface area contributed by atoms with Crippen molar-refractivity contribution in [3.63, 3.8) is 0 Å². The van der Waals surface area contributed by atoms with Crippen LogP contribution in [0.1, 0.15) is 12.5 Å². The Morgan fingerprint density at radius 2 is 2.18 bits per heavy atom. The van der Waals surface area contributed by atoms with Crippen molar-refractivity contribution in [2.45, 2.75) is 19.4 Å². The minimum Gasteiger partial charge on any atom is -0.315 e. The molecule has 1 heterocycles. The first-order valence-corrected chi connectivity index (χ1v) is 4.25. The van der Waals surface area contributed by atoms with Gasteiger partial charge in [0, 0.05) is 6.04 Å². The van der Waals surface area contributed by atoms with Crippen molar-refractivity contribution in [3.8, 4) is 0 Å². The molecular formula is C9H11NS. The normalized spacial score (nSPS) is 22.0. The first-order chi connectivity index (χ1) is 5.29. The molecule has 1 aliphatic heterocycles. The van der Waals surface area contributed by atoms with Gasteiger partial charge in [0.25, 0.3) is 0 Å². The fourth-order valence-corrected chi connectivity index (χ4v) is 1.83. The molecule has 1 nitrogen and oxygen atoms in total. The topological polar surface area (TPSA) is 3.24 Å². The molecule has 0 amide bonds. The van der Waals surface area contributed by atoms with Gasteiger partial charge in [-0.15, -0.1) is 0 Å². The van der Waals surface area contributed by atoms with Crippen LogP contribution in [-0.2, 0) is 6.42 Å². The average Bonchev–Trinajstić information content (AvgIpc) is 2.30. The van der Waals surface area contributed by atoms with E-state index in [0.29, 0.717) is 6.04 Å². The van der Waals surface area contributed by atoms with E-state index in [9.17, 15) is 0 Å². The van der Waals surface area contributed by atoms with Crippen LogP contribution >= 0.6 is 12.8 Å². The van der Waals surface area contributed by atoms with E-state index in [2.05, 4.69) is 44.0 Å². The summed E-state index contributed by atoms with van der Waals surface area (Å²) in [6.07, 6.45) is 1.12. The van der Waals surface area contributed by atoms with Crippen LogP contribution in [0.2, 0.25) is 0 Å². The Hall–Kier alpha value is -0.630. The van der Waals surface area contributed by atoms with Gasteiger partial charge in [0.05, 0.1) is 5.69 Å². The molecule has 0 radical (unpaired) electrons. The molecule has 0 saturated carbocycles. The van der Waals surface area contributed by atoms with Gasteiger partial charge in [0.2, 0.25) is 0 Å². The molecule has 0 bridgehead atoms. The molecule has 2 heteroatoms. The second-order valence-electron chi connectivity index (χ2n) is 3.03. The zero-order valence-corrected chi connectivity index (χ0v) is 7.38. The van der Waals surface area contributed by atoms with Gasteiger partial charge in [-0.25, -0.2) is 0 Å². The molecule has 0 saturated heterocycles. The van der Waals surface area contributed by atoms with Crippen molar-refractivity contribution in [2.75, 3.05) is 4.31 Å². The lowest BCUT2D eigenvalue weighted by Gasteiger charge is -2.15. The third kappa shape index (κ3) is 1.02. The Labute approximate surface area is 72.6 Å². The van der Waals surface area contributed by atoms with E-state index < -0.39 is 0 Å². The number of thiol groups is 1. The molecular weight excluding hydrogens is 154 g/mol. The summed E-state index contributed by atoms with van der Waals surface area (Å²) in [5.74, 6) is 0. The predicted octanol–water partition coefficient (Wildman–Crippen LogP) is 2.28. The summed E-state index contributed by atoms with van der Waals surface area (Å²) in [5, 5.41) is 0. The maximum atomic E-state index is 4.40. The van der Waals surface area contributed by atoms with Gasteiger partial charge in [-0.3, -0.25) is 0 Å². The summed E-state index contributed by atoms with van der Waals surface area (Å²) in [6.45, 7) is 2.19. The SMILES string of the molecule is CC1Cc2ccccc2N1S. The molecule has 1 aromatic carbocycles. The summed E-state index contributed by atoms with van der Waals surface area (Å²) in [7, 11) is 0. The first kappa shape index (κ1) is 7.04. The second kappa shape index (κ2) is 2.45. The highest BCUT2D eigenvalue weighted by molar-refractivity contribution is 7.81. The molecule has 58 valence electrons. The summed E-state index contributed by atoms with van der Waals surface area (Å²) in [6, 6.07) is 8.96. The maximum absolute atomic E-state index is 4.40. The van der Waals surface area contributed by atoms with Crippen molar-refractivity contribution in [3.05, 3.63) is 29.8 Å². The number of para-hydroxylation sites is 1. The highest BCUT2D eigenvalue weighted by Crippen LogP contribution is 2.32. The fraction of sp³-hybridized carbons (Fsp3) is 0.333. The molecule has 0 spiro atoms. The van der Waals surface area contributed by atoms with Gasteiger partial charge >= 0.3 is 0 Å². The Balaban J connectivity index is 2.47. The van der Waals surface area contributed by atoms with E-state index in [0.717, 1.165) is 6.42 Å². The zero-order chi connectivity index (χ0) is 7.84. The Morgan fingerprint density at radius 1 is 1.45 bits per heavy atom. The molecule has 1 aliphatic rings. The predicted molar refractivity (Wildman–Crippen MR) is 51.1 cm³/mol. The third-order valence-electron chi connectivity index (χ3n) is 2.17.